The Morgan fingerprint density at radius 2 is 1.50 bits per heavy atom. The van der Waals surface area contributed by atoms with Gasteiger partial charge in [-0.3, -0.25) is 0 Å². The summed E-state index contributed by atoms with van der Waals surface area (Å²) in [5.74, 6) is 0. The van der Waals surface area contributed by atoms with Crippen molar-refractivity contribution in [3.05, 3.63) is 0 Å². The van der Waals surface area contributed by atoms with E-state index in [0.29, 0.717) is 4.75 Å². The molecule has 86 valence electrons. The van der Waals surface area contributed by atoms with Gasteiger partial charge in [-0.15, -0.1) is 0 Å². The van der Waals surface area contributed by atoms with Gasteiger partial charge in [0, 0.05) is 4.75 Å². The van der Waals surface area contributed by atoms with E-state index in [4.69, 9.17) is 0 Å². The minimum Gasteiger partial charge on any atom is -0.159 e. The highest BCUT2D eigenvalue weighted by atomic mass is 32.2. The van der Waals surface area contributed by atoms with Gasteiger partial charge in [-0.1, -0.05) is 59.3 Å². The van der Waals surface area contributed by atoms with Crippen molar-refractivity contribution >= 4 is 11.8 Å². The molecule has 0 radical (unpaired) electrons. The number of thioether (sulfide) groups is 1. The van der Waals surface area contributed by atoms with Crippen molar-refractivity contribution in [2.24, 2.45) is 0 Å². The molecule has 0 fully saturated rings. The maximum atomic E-state index is 2.43. The second-order valence-corrected chi connectivity index (χ2v) is 5.96. The van der Waals surface area contributed by atoms with Crippen molar-refractivity contribution in [1.29, 1.82) is 0 Å². The average molecular weight is 216 g/mol. The van der Waals surface area contributed by atoms with Crippen molar-refractivity contribution in [3.63, 3.8) is 0 Å². The molecule has 14 heavy (non-hydrogen) atoms. The van der Waals surface area contributed by atoms with Crippen molar-refractivity contribution in [2.45, 2.75) is 76.9 Å². The Balaban J connectivity index is 3.51. The summed E-state index contributed by atoms with van der Waals surface area (Å²) in [5.41, 5.74) is 0. The van der Waals surface area contributed by atoms with Crippen LogP contribution in [0.3, 0.4) is 0 Å². The second kappa shape index (κ2) is 8.64. The predicted octanol–water partition coefficient (Wildman–Crippen LogP) is 5.27. The zero-order valence-electron chi connectivity index (χ0n) is 10.6. The smallest absolute Gasteiger partial charge is 0.0129 e. The van der Waals surface area contributed by atoms with Gasteiger partial charge in [0.25, 0.3) is 0 Å². The molecule has 0 bridgehead atoms. The highest BCUT2D eigenvalue weighted by molar-refractivity contribution is 7.99. The molecule has 0 aromatic carbocycles. The van der Waals surface area contributed by atoms with Gasteiger partial charge in [-0.05, 0) is 19.1 Å². The van der Waals surface area contributed by atoms with Gasteiger partial charge in [0.15, 0.2) is 0 Å². The fraction of sp³-hybridized carbons (Fsp3) is 1.00. The molecule has 0 aromatic rings. The summed E-state index contributed by atoms with van der Waals surface area (Å²) in [5, 5.41) is 0. The zero-order valence-corrected chi connectivity index (χ0v) is 11.4. The van der Waals surface area contributed by atoms with E-state index < -0.39 is 0 Å². The van der Waals surface area contributed by atoms with Crippen LogP contribution in [0.15, 0.2) is 0 Å². The molecule has 0 aliphatic carbocycles. The highest BCUT2D eigenvalue weighted by Gasteiger charge is 2.20. The number of hydrogen-bond donors (Lipinski definition) is 0. The van der Waals surface area contributed by atoms with Crippen LogP contribution >= 0.6 is 11.8 Å². The van der Waals surface area contributed by atoms with Gasteiger partial charge < -0.3 is 0 Å². The standard InChI is InChI=1S/C13H28S/c1-5-7-8-9-10-12-13(3,14-4)11-6-2/h5-12H2,1-4H3. The minimum absolute atomic E-state index is 0.557. The molecule has 0 amide bonds. The quantitative estimate of drug-likeness (QED) is 0.473. The van der Waals surface area contributed by atoms with Crippen LogP contribution in [-0.4, -0.2) is 11.0 Å². The van der Waals surface area contributed by atoms with Crippen LogP contribution < -0.4 is 0 Å². The first-order chi connectivity index (χ1) is 6.68. The van der Waals surface area contributed by atoms with Crippen molar-refractivity contribution in [3.8, 4) is 0 Å². The van der Waals surface area contributed by atoms with E-state index in [1.807, 2.05) is 0 Å². The van der Waals surface area contributed by atoms with Crippen LogP contribution in [0.5, 0.6) is 0 Å². The Kier molecular flexibility index (Phi) is 8.86. The zero-order chi connectivity index (χ0) is 10.9. The summed E-state index contributed by atoms with van der Waals surface area (Å²) in [6, 6.07) is 0. The summed E-state index contributed by atoms with van der Waals surface area (Å²) in [6.07, 6.45) is 13.5. The van der Waals surface area contributed by atoms with Gasteiger partial charge in [-0.25, -0.2) is 0 Å². The molecular weight excluding hydrogens is 188 g/mol. The predicted molar refractivity (Wildman–Crippen MR) is 70.2 cm³/mol. The topological polar surface area (TPSA) is 0 Å². The molecule has 1 heteroatoms. The molecule has 0 nitrogen and oxygen atoms in total. The average Bonchev–Trinajstić information content (AvgIpc) is 2.18. The second-order valence-electron chi connectivity index (χ2n) is 4.57. The molecule has 0 saturated heterocycles. The fourth-order valence-corrected chi connectivity index (χ4v) is 2.72. The van der Waals surface area contributed by atoms with Crippen LogP contribution in [0, 0.1) is 0 Å². The summed E-state index contributed by atoms with van der Waals surface area (Å²) in [6.45, 7) is 7.01. The highest BCUT2D eigenvalue weighted by Crippen LogP contribution is 2.33. The maximum absolute atomic E-state index is 2.43. The SMILES string of the molecule is CCCCCCCC(C)(CCC)SC. The van der Waals surface area contributed by atoms with Crippen LogP contribution in [0.1, 0.15) is 72.1 Å². The number of hydrogen-bond acceptors (Lipinski definition) is 1. The molecule has 0 heterocycles. The fourth-order valence-electron chi connectivity index (χ4n) is 1.96. The van der Waals surface area contributed by atoms with Gasteiger partial charge in [0.1, 0.15) is 0 Å². The van der Waals surface area contributed by atoms with E-state index in [1.165, 1.54) is 51.4 Å². The van der Waals surface area contributed by atoms with E-state index in [0.717, 1.165) is 0 Å². The van der Waals surface area contributed by atoms with E-state index in [1.54, 1.807) is 0 Å². The molecule has 1 unspecified atom stereocenters. The molecule has 1 atom stereocenters. The maximum Gasteiger partial charge on any atom is 0.0129 e. The molecule has 0 aliphatic rings. The molecule has 0 N–H and O–H groups in total. The lowest BCUT2D eigenvalue weighted by Gasteiger charge is -2.27. The number of rotatable bonds is 9. The van der Waals surface area contributed by atoms with E-state index in [9.17, 15) is 0 Å². The van der Waals surface area contributed by atoms with Crippen LogP contribution in [0.2, 0.25) is 0 Å². The van der Waals surface area contributed by atoms with Gasteiger partial charge >= 0.3 is 0 Å². The Hall–Kier alpha value is 0.350. The summed E-state index contributed by atoms with van der Waals surface area (Å²) >= 11 is 2.06. The third-order valence-electron chi connectivity index (χ3n) is 3.08. The van der Waals surface area contributed by atoms with Gasteiger partial charge in [0.05, 0.1) is 0 Å². The number of unbranched alkanes of at least 4 members (excludes halogenated alkanes) is 4. The van der Waals surface area contributed by atoms with E-state index in [2.05, 4.69) is 38.8 Å². The minimum atomic E-state index is 0.557. The Morgan fingerprint density at radius 1 is 0.857 bits per heavy atom. The summed E-state index contributed by atoms with van der Waals surface area (Å²) in [7, 11) is 0. The van der Waals surface area contributed by atoms with Crippen LogP contribution in [0.4, 0.5) is 0 Å². The molecular formula is C13H28S. The third kappa shape index (κ3) is 6.75. The van der Waals surface area contributed by atoms with Crippen LogP contribution in [-0.2, 0) is 0 Å². The Labute approximate surface area is 95.2 Å². The summed E-state index contributed by atoms with van der Waals surface area (Å²) < 4.78 is 0.557. The third-order valence-corrected chi connectivity index (χ3v) is 4.47. The lowest BCUT2D eigenvalue weighted by molar-refractivity contribution is 0.493. The first kappa shape index (κ1) is 14.3. The summed E-state index contributed by atoms with van der Waals surface area (Å²) in [4.78, 5) is 0. The normalized spacial score (nSPS) is 15.4. The first-order valence-electron chi connectivity index (χ1n) is 6.23. The molecule has 0 aliphatic heterocycles. The van der Waals surface area contributed by atoms with Crippen LogP contribution in [0.25, 0.3) is 0 Å². The molecule has 0 spiro atoms. The van der Waals surface area contributed by atoms with Crippen molar-refractivity contribution in [1.82, 2.24) is 0 Å². The Bertz CT molecular complexity index is 122. The van der Waals surface area contributed by atoms with E-state index >= 15 is 0 Å². The van der Waals surface area contributed by atoms with Crippen molar-refractivity contribution < 1.29 is 0 Å². The lowest BCUT2D eigenvalue weighted by atomic mass is 9.97. The monoisotopic (exact) mass is 216 g/mol. The van der Waals surface area contributed by atoms with Gasteiger partial charge in [-0.2, -0.15) is 11.8 Å². The molecule has 0 saturated carbocycles. The molecule has 0 rings (SSSR count). The largest absolute Gasteiger partial charge is 0.159 e. The Morgan fingerprint density at radius 3 is 2.00 bits per heavy atom. The first-order valence-corrected chi connectivity index (χ1v) is 7.46. The van der Waals surface area contributed by atoms with E-state index in [-0.39, 0.29) is 0 Å². The molecule has 0 aromatic heterocycles. The van der Waals surface area contributed by atoms with Gasteiger partial charge in [0.2, 0.25) is 0 Å². The van der Waals surface area contributed by atoms with Crippen molar-refractivity contribution in [2.75, 3.05) is 6.26 Å². The lowest BCUT2D eigenvalue weighted by Crippen LogP contribution is -2.18.